The van der Waals surface area contributed by atoms with Crippen molar-refractivity contribution in [2.24, 2.45) is 11.1 Å². The molecule has 5 heteroatoms. The maximum Gasteiger partial charge on any atom is 0.329 e. The molecule has 104 valence electrons. The smallest absolute Gasteiger partial charge is 0.329 e. The number of carboxylic acid groups (broad SMARTS) is 1. The Bertz CT molecular complexity index is 339. The van der Waals surface area contributed by atoms with Crippen LogP contribution in [0.3, 0.4) is 0 Å². The summed E-state index contributed by atoms with van der Waals surface area (Å²) >= 11 is 0. The van der Waals surface area contributed by atoms with Gasteiger partial charge in [0.05, 0.1) is 5.41 Å². The van der Waals surface area contributed by atoms with Gasteiger partial charge in [-0.05, 0) is 39.5 Å². The molecule has 2 atom stereocenters. The Morgan fingerprint density at radius 2 is 2.06 bits per heavy atom. The van der Waals surface area contributed by atoms with E-state index in [1.165, 1.54) is 4.90 Å². The lowest BCUT2D eigenvalue weighted by molar-refractivity contribution is -0.165. The second kappa shape index (κ2) is 5.26. The second-order valence-corrected chi connectivity index (χ2v) is 5.61. The van der Waals surface area contributed by atoms with Crippen LogP contribution in [0.1, 0.15) is 46.5 Å². The van der Waals surface area contributed by atoms with Crippen molar-refractivity contribution in [1.29, 1.82) is 0 Å². The third kappa shape index (κ3) is 2.36. The molecule has 0 spiro atoms. The molecule has 0 aromatic carbocycles. The Morgan fingerprint density at radius 1 is 1.44 bits per heavy atom. The predicted molar refractivity (Wildman–Crippen MR) is 69.1 cm³/mol. The molecular formula is C13H24N2O3. The Balaban J connectivity index is 3.05. The summed E-state index contributed by atoms with van der Waals surface area (Å²) in [6, 6.07) is 0. The number of amides is 1. The van der Waals surface area contributed by atoms with E-state index in [1.54, 1.807) is 6.92 Å². The molecule has 0 saturated carbocycles. The second-order valence-electron chi connectivity index (χ2n) is 5.61. The lowest BCUT2D eigenvalue weighted by Crippen LogP contribution is -2.61. The summed E-state index contributed by atoms with van der Waals surface area (Å²) in [6.45, 7) is 6.11. The van der Waals surface area contributed by atoms with Gasteiger partial charge in [0.15, 0.2) is 0 Å². The molecule has 0 aromatic rings. The number of aliphatic carboxylic acids is 1. The molecule has 0 radical (unpaired) electrons. The van der Waals surface area contributed by atoms with Gasteiger partial charge in [-0.1, -0.05) is 6.92 Å². The molecule has 2 unspecified atom stereocenters. The predicted octanol–water partition coefficient (Wildman–Crippen LogP) is 1.22. The van der Waals surface area contributed by atoms with Crippen LogP contribution in [-0.2, 0) is 9.59 Å². The van der Waals surface area contributed by atoms with Gasteiger partial charge in [0.25, 0.3) is 0 Å². The summed E-state index contributed by atoms with van der Waals surface area (Å²) in [4.78, 5) is 25.6. The number of carbonyl (C=O) groups excluding carboxylic acids is 1. The van der Waals surface area contributed by atoms with Crippen LogP contribution in [0.5, 0.6) is 0 Å². The maximum absolute atomic E-state index is 12.6. The molecule has 5 nitrogen and oxygen atoms in total. The van der Waals surface area contributed by atoms with Gasteiger partial charge in [-0.25, -0.2) is 4.79 Å². The number of nitrogens with two attached hydrogens (primary N) is 1. The first-order valence-electron chi connectivity index (χ1n) is 6.57. The number of carboxylic acids is 1. The monoisotopic (exact) mass is 256 g/mol. The number of rotatable bonds is 4. The van der Waals surface area contributed by atoms with Gasteiger partial charge in [0.2, 0.25) is 5.91 Å². The summed E-state index contributed by atoms with van der Waals surface area (Å²) in [7, 11) is 0. The average molecular weight is 256 g/mol. The molecule has 1 rings (SSSR count). The lowest BCUT2D eigenvalue weighted by atomic mass is 9.81. The van der Waals surface area contributed by atoms with Crippen LogP contribution >= 0.6 is 0 Å². The van der Waals surface area contributed by atoms with E-state index in [4.69, 9.17) is 5.73 Å². The molecule has 0 aromatic heterocycles. The molecule has 1 amide bonds. The molecule has 1 heterocycles. The highest BCUT2D eigenvalue weighted by atomic mass is 16.4. The van der Waals surface area contributed by atoms with Crippen LogP contribution in [0.25, 0.3) is 0 Å². The number of likely N-dealkylation sites (tertiary alicyclic amines) is 1. The van der Waals surface area contributed by atoms with Crippen LogP contribution in [0.2, 0.25) is 0 Å². The number of hydrogen-bond acceptors (Lipinski definition) is 3. The molecule has 1 fully saturated rings. The largest absolute Gasteiger partial charge is 0.480 e. The van der Waals surface area contributed by atoms with Gasteiger partial charge in [-0.3, -0.25) is 4.79 Å². The number of hydrogen-bond donors (Lipinski definition) is 2. The van der Waals surface area contributed by atoms with Crippen molar-refractivity contribution in [3.8, 4) is 0 Å². The Kier molecular flexibility index (Phi) is 4.37. The summed E-state index contributed by atoms with van der Waals surface area (Å²) in [6.07, 6.45) is 2.84. The van der Waals surface area contributed by atoms with Crippen LogP contribution in [0.4, 0.5) is 0 Å². The zero-order valence-corrected chi connectivity index (χ0v) is 11.5. The van der Waals surface area contributed by atoms with E-state index in [0.29, 0.717) is 19.4 Å². The topological polar surface area (TPSA) is 83.6 Å². The van der Waals surface area contributed by atoms with Crippen molar-refractivity contribution in [3.05, 3.63) is 0 Å². The molecule has 3 N–H and O–H groups in total. The van der Waals surface area contributed by atoms with Gasteiger partial charge in [-0.2, -0.15) is 0 Å². The van der Waals surface area contributed by atoms with Crippen molar-refractivity contribution in [3.63, 3.8) is 0 Å². The van der Waals surface area contributed by atoms with Crippen LogP contribution < -0.4 is 5.73 Å². The van der Waals surface area contributed by atoms with E-state index in [1.807, 2.05) is 13.8 Å². The summed E-state index contributed by atoms with van der Waals surface area (Å²) < 4.78 is 0. The first kappa shape index (κ1) is 15.0. The third-order valence-electron chi connectivity index (χ3n) is 4.34. The average Bonchev–Trinajstić information content (AvgIpc) is 2.37. The van der Waals surface area contributed by atoms with Crippen LogP contribution in [-0.4, -0.2) is 40.5 Å². The van der Waals surface area contributed by atoms with E-state index in [9.17, 15) is 14.7 Å². The van der Waals surface area contributed by atoms with E-state index in [0.717, 1.165) is 12.8 Å². The van der Waals surface area contributed by atoms with E-state index < -0.39 is 16.9 Å². The SMILES string of the molecule is CCC(C)(CN)C(=O)N1CCCCC1(C)C(=O)O. The standard InChI is InChI=1S/C13H24N2O3/c1-4-12(2,9-14)10(16)15-8-6-5-7-13(15,3)11(17)18/h4-9,14H2,1-3H3,(H,17,18). The highest BCUT2D eigenvalue weighted by molar-refractivity contribution is 5.90. The summed E-state index contributed by atoms with van der Waals surface area (Å²) in [5.41, 5.74) is 3.95. The molecule has 0 bridgehead atoms. The molecule has 1 aliphatic heterocycles. The van der Waals surface area contributed by atoms with Gasteiger partial charge < -0.3 is 15.7 Å². The number of nitrogens with zero attached hydrogens (tertiary/aromatic N) is 1. The maximum atomic E-state index is 12.6. The fraction of sp³-hybridized carbons (Fsp3) is 0.846. The minimum absolute atomic E-state index is 0.128. The van der Waals surface area contributed by atoms with Crippen molar-refractivity contribution in [1.82, 2.24) is 4.90 Å². The first-order valence-corrected chi connectivity index (χ1v) is 6.57. The summed E-state index contributed by atoms with van der Waals surface area (Å²) in [5.74, 6) is -1.05. The van der Waals surface area contributed by atoms with E-state index >= 15 is 0 Å². The molecule has 0 aliphatic carbocycles. The van der Waals surface area contributed by atoms with Crippen molar-refractivity contribution in [2.75, 3.05) is 13.1 Å². The summed E-state index contributed by atoms with van der Waals surface area (Å²) in [5, 5.41) is 9.40. The minimum Gasteiger partial charge on any atom is -0.480 e. The fourth-order valence-electron chi connectivity index (χ4n) is 2.38. The molecular weight excluding hydrogens is 232 g/mol. The molecule has 1 aliphatic rings. The van der Waals surface area contributed by atoms with Crippen LogP contribution in [0, 0.1) is 5.41 Å². The Morgan fingerprint density at radius 3 is 2.50 bits per heavy atom. The molecule has 18 heavy (non-hydrogen) atoms. The van der Waals surface area contributed by atoms with Crippen molar-refractivity contribution >= 4 is 11.9 Å². The van der Waals surface area contributed by atoms with E-state index in [2.05, 4.69) is 0 Å². The normalized spacial score (nSPS) is 27.7. The van der Waals surface area contributed by atoms with Crippen molar-refractivity contribution in [2.45, 2.75) is 52.0 Å². The zero-order valence-electron chi connectivity index (χ0n) is 11.5. The first-order chi connectivity index (χ1) is 8.31. The Labute approximate surface area is 108 Å². The van der Waals surface area contributed by atoms with Crippen LogP contribution in [0.15, 0.2) is 0 Å². The van der Waals surface area contributed by atoms with Crippen molar-refractivity contribution < 1.29 is 14.7 Å². The van der Waals surface area contributed by atoms with Gasteiger partial charge >= 0.3 is 5.97 Å². The Hall–Kier alpha value is -1.10. The molecule has 1 saturated heterocycles. The fourth-order valence-corrected chi connectivity index (χ4v) is 2.38. The highest BCUT2D eigenvalue weighted by Gasteiger charge is 2.47. The van der Waals surface area contributed by atoms with E-state index in [-0.39, 0.29) is 12.5 Å². The number of carbonyl (C=O) groups is 2. The zero-order chi connectivity index (χ0) is 14.0. The number of piperidine rings is 1. The van der Waals surface area contributed by atoms with Gasteiger partial charge in [0, 0.05) is 13.1 Å². The van der Waals surface area contributed by atoms with Gasteiger partial charge in [-0.15, -0.1) is 0 Å². The van der Waals surface area contributed by atoms with Gasteiger partial charge in [0.1, 0.15) is 5.54 Å². The minimum atomic E-state index is -1.08. The third-order valence-corrected chi connectivity index (χ3v) is 4.34. The lowest BCUT2D eigenvalue weighted by Gasteiger charge is -2.45. The quantitative estimate of drug-likeness (QED) is 0.792. The highest BCUT2D eigenvalue weighted by Crippen LogP contribution is 2.33.